The number of rotatable bonds is 5. The molecule has 0 radical (unpaired) electrons. The van der Waals surface area contributed by atoms with Crippen LogP contribution < -0.4 is 4.90 Å². The van der Waals surface area contributed by atoms with Crippen LogP contribution in [0.4, 0.5) is 10.1 Å². The minimum atomic E-state index is -0.815. The predicted octanol–water partition coefficient (Wildman–Crippen LogP) is 3.34. The molecule has 2 aliphatic rings. The van der Waals surface area contributed by atoms with E-state index >= 15 is 0 Å². The number of benzene rings is 2. The standard InChI is InChI=1S/C21H18ClFN2O3/c22-14-3-1-13(2-4-14)11-19(26)24(16-9-10-16)18-12-20(27)25(21(18)28)17-7-5-15(23)6-8-17/h1-8,16,18H,9-12H2. The van der Waals surface area contributed by atoms with Gasteiger partial charge in [-0.05, 0) is 54.8 Å². The lowest BCUT2D eigenvalue weighted by atomic mass is 10.1. The fourth-order valence-electron chi connectivity index (χ4n) is 3.55. The third-order valence-corrected chi connectivity index (χ3v) is 5.29. The summed E-state index contributed by atoms with van der Waals surface area (Å²) in [5.41, 5.74) is 1.12. The second-order valence-corrected chi connectivity index (χ2v) is 7.54. The molecule has 144 valence electrons. The van der Waals surface area contributed by atoms with E-state index in [0.717, 1.165) is 23.3 Å². The molecule has 4 rings (SSSR count). The monoisotopic (exact) mass is 400 g/mol. The van der Waals surface area contributed by atoms with Crippen LogP contribution in [0.1, 0.15) is 24.8 Å². The number of imide groups is 1. The zero-order valence-corrected chi connectivity index (χ0v) is 15.7. The Morgan fingerprint density at radius 2 is 1.71 bits per heavy atom. The summed E-state index contributed by atoms with van der Waals surface area (Å²) in [4.78, 5) is 41.1. The minimum Gasteiger partial charge on any atom is -0.327 e. The van der Waals surface area contributed by atoms with Crippen molar-refractivity contribution < 1.29 is 18.8 Å². The molecule has 1 saturated heterocycles. The highest BCUT2D eigenvalue weighted by atomic mass is 35.5. The minimum absolute atomic E-state index is 0.0188. The number of carbonyl (C=O) groups is 3. The van der Waals surface area contributed by atoms with Crippen molar-refractivity contribution in [1.29, 1.82) is 0 Å². The summed E-state index contributed by atoms with van der Waals surface area (Å²) in [5, 5.41) is 0.585. The average molecular weight is 401 g/mol. The third-order valence-electron chi connectivity index (χ3n) is 5.04. The van der Waals surface area contributed by atoms with Gasteiger partial charge in [-0.1, -0.05) is 23.7 Å². The van der Waals surface area contributed by atoms with E-state index in [9.17, 15) is 18.8 Å². The van der Waals surface area contributed by atoms with Gasteiger partial charge in [-0.3, -0.25) is 14.4 Å². The van der Waals surface area contributed by atoms with E-state index in [0.29, 0.717) is 10.7 Å². The Labute approximate surface area is 166 Å². The van der Waals surface area contributed by atoms with E-state index in [2.05, 4.69) is 0 Å². The Kier molecular flexibility index (Phi) is 4.89. The number of anilines is 1. The first-order valence-electron chi connectivity index (χ1n) is 9.12. The van der Waals surface area contributed by atoms with Crippen molar-refractivity contribution in [1.82, 2.24) is 4.90 Å². The van der Waals surface area contributed by atoms with Crippen LogP contribution in [0.5, 0.6) is 0 Å². The van der Waals surface area contributed by atoms with Gasteiger partial charge in [0.25, 0.3) is 5.91 Å². The maximum absolute atomic E-state index is 13.2. The van der Waals surface area contributed by atoms with Crippen molar-refractivity contribution in [2.45, 2.75) is 37.8 Å². The van der Waals surface area contributed by atoms with Gasteiger partial charge in [-0.15, -0.1) is 0 Å². The molecule has 1 heterocycles. The molecule has 0 N–H and O–H groups in total. The molecule has 2 fully saturated rings. The van der Waals surface area contributed by atoms with E-state index in [-0.39, 0.29) is 30.7 Å². The first-order valence-corrected chi connectivity index (χ1v) is 9.50. The summed E-state index contributed by atoms with van der Waals surface area (Å²) in [6.07, 6.45) is 1.73. The molecule has 7 heteroatoms. The lowest BCUT2D eigenvalue weighted by Crippen LogP contribution is -2.47. The second-order valence-electron chi connectivity index (χ2n) is 7.10. The molecule has 2 aromatic carbocycles. The van der Waals surface area contributed by atoms with Gasteiger partial charge in [0.15, 0.2) is 0 Å². The van der Waals surface area contributed by atoms with Gasteiger partial charge >= 0.3 is 0 Å². The largest absolute Gasteiger partial charge is 0.327 e. The smallest absolute Gasteiger partial charge is 0.257 e. The Morgan fingerprint density at radius 3 is 2.32 bits per heavy atom. The summed E-state index contributed by atoms with van der Waals surface area (Å²) in [7, 11) is 0. The van der Waals surface area contributed by atoms with E-state index in [4.69, 9.17) is 11.6 Å². The van der Waals surface area contributed by atoms with Crippen molar-refractivity contribution in [3.63, 3.8) is 0 Å². The highest BCUT2D eigenvalue weighted by molar-refractivity contribution is 6.30. The van der Waals surface area contributed by atoms with Crippen LogP contribution in [0.25, 0.3) is 0 Å². The van der Waals surface area contributed by atoms with Gasteiger partial charge in [0.2, 0.25) is 11.8 Å². The SMILES string of the molecule is O=C1CC(N(C(=O)Cc2ccc(Cl)cc2)C2CC2)C(=O)N1c1ccc(F)cc1. The summed E-state index contributed by atoms with van der Waals surface area (Å²) >= 11 is 5.89. The lowest BCUT2D eigenvalue weighted by molar-refractivity contribution is -0.138. The van der Waals surface area contributed by atoms with E-state index in [1.165, 1.54) is 24.3 Å². The third kappa shape index (κ3) is 3.64. The molecular weight excluding hydrogens is 383 g/mol. The normalized spacial score (nSPS) is 19.2. The van der Waals surface area contributed by atoms with Crippen LogP contribution in [0.2, 0.25) is 5.02 Å². The molecule has 1 aliphatic heterocycles. The van der Waals surface area contributed by atoms with Gasteiger partial charge < -0.3 is 4.90 Å². The zero-order valence-electron chi connectivity index (χ0n) is 15.0. The zero-order chi connectivity index (χ0) is 19.8. The van der Waals surface area contributed by atoms with Crippen molar-refractivity contribution in [3.05, 3.63) is 64.9 Å². The number of halogens is 2. The molecule has 0 aromatic heterocycles. The van der Waals surface area contributed by atoms with Crippen LogP contribution in [0, 0.1) is 5.82 Å². The summed E-state index contributed by atoms with van der Waals surface area (Å²) in [6.45, 7) is 0. The quantitative estimate of drug-likeness (QED) is 0.723. The molecule has 3 amide bonds. The van der Waals surface area contributed by atoms with Crippen LogP contribution in [-0.2, 0) is 20.8 Å². The van der Waals surface area contributed by atoms with Gasteiger partial charge in [0, 0.05) is 11.1 Å². The molecule has 0 bridgehead atoms. The fourth-order valence-corrected chi connectivity index (χ4v) is 3.67. The average Bonchev–Trinajstić information content (AvgIpc) is 3.45. The number of hydrogen-bond acceptors (Lipinski definition) is 3. The summed E-state index contributed by atoms with van der Waals surface area (Å²) < 4.78 is 13.2. The molecule has 1 atom stereocenters. The number of nitrogens with zero attached hydrogens (tertiary/aromatic N) is 2. The molecule has 1 unspecified atom stereocenters. The molecule has 28 heavy (non-hydrogen) atoms. The first-order chi connectivity index (χ1) is 13.4. The Morgan fingerprint density at radius 1 is 1.07 bits per heavy atom. The van der Waals surface area contributed by atoms with Crippen molar-refractivity contribution in [2.24, 2.45) is 0 Å². The van der Waals surface area contributed by atoms with Crippen molar-refractivity contribution in [3.8, 4) is 0 Å². The Bertz CT molecular complexity index is 926. The van der Waals surface area contributed by atoms with Gasteiger partial charge in [-0.2, -0.15) is 0 Å². The van der Waals surface area contributed by atoms with Gasteiger partial charge in [0.1, 0.15) is 11.9 Å². The highest BCUT2D eigenvalue weighted by Crippen LogP contribution is 2.34. The maximum atomic E-state index is 13.2. The van der Waals surface area contributed by atoms with Crippen LogP contribution in [-0.4, -0.2) is 34.7 Å². The van der Waals surface area contributed by atoms with Crippen LogP contribution in [0.3, 0.4) is 0 Å². The van der Waals surface area contributed by atoms with Crippen LogP contribution in [0.15, 0.2) is 48.5 Å². The van der Waals surface area contributed by atoms with Crippen molar-refractivity contribution in [2.75, 3.05) is 4.90 Å². The topological polar surface area (TPSA) is 57.7 Å². The van der Waals surface area contributed by atoms with Gasteiger partial charge in [0.05, 0.1) is 18.5 Å². The summed E-state index contributed by atoms with van der Waals surface area (Å²) in [6, 6.07) is 11.3. The number of amides is 3. The fraction of sp³-hybridized carbons (Fsp3) is 0.286. The highest BCUT2D eigenvalue weighted by Gasteiger charge is 2.48. The maximum Gasteiger partial charge on any atom is 0.257 e. The van der Waals surface area contributed by atoms with E-state index in [1.807, 2.05) is 0 Å². The van der Waals surface area contributed by atoms with Crippen LogP contribution >= 0.6 is 11.6 Å². The molecule has 2 aromatic rings. The molecule has 5 nitrogen and oxygen atoms in total. The van der Waals surface area contributed by atoms with E-state index < -0.39 is 17.8 Å². The first kappa shape index (κ1) is 18.6. The van der Waals surface area contributed by atoms with Crippen molar-refractivity contribution >= 4 is 35.0 Å². The molecule has 1 aliphatic carbocycles. The van der Waals surface area contributed by atoms with E-state index in [1.54, 1.807) is 29.2 Å². The molecule has 1 saturated carbocycles. The number of carbonyl (C=O) groups excluding carboxylic acids is 3. The molecular formula is C21H18ClFN2O3. The summed E-state index contributed by atoms with van der Waals surface area (Å²) in [5.74, 6) is -1.45. The van der Waals surface area contributed by atoms with Gasteiger partial charge in [-0.25, -0.2) is 9.29 Å². The Hall–Kier alpha value is -2.73. The number of hydrogen-bond donors (Lipinski definition) is 0. The second kappa shape index (κ2) is 7.36. The lowest BCUT2D eigenvalue weighted by Gasteiger charge is -2.27. The Balaban J connectivity index is 1.55. The molecule has 0 spiro atoms. The predicted molar refractivity (Wildman–Crippen MR) is 102 cm³/mol.